The van der Waals surface area contributed by atoms with E-state index in [0.29, 0.717) is 12.2 Å². The van der Waals surface area contributed by atoms with Crippen molar-refractivity contribution in [3.63, 3.8) is 0 Å². The molecule has 0 fully saturated rings. The normalized spacial score (nSPS) is 10.8. The van der Waals surface area contributed by atoms with Crippen LogP contribution in [0, 0.1) is 13.8 Å². The lowest BCUT2D eigenvalue weighted by Gasteiger charge is -2.05. The number of carbonyl (C=O) groups is 1. The summed E-state index contributed by atoms with van der Waals surface area (Å²) in [5, 5.41) is 3.94. The van der Waals surface area contributed by atoms with Gasteiger partial charge in [0.05, 0.1) is 6.42 Å². The topological polar surface area (TPSA) is 57.8 Å². The lowest BCUT2D eigenvalue weighted by Crippen LogP contribution is -2.15. The molecule has 3 rings (SSSR count). The van der Waals surface area contributed by atoms with Crippen molar-refractivity contribution in [1.29, 1.82) is 0 Å². The highest BCUT2D eigenvalue weighted by molar-refractivity contribution is 5.96. The molecule has 0 atom stereocenters. The number of aromatic nitrogens is 2. The summed E-state index contributed by atoms with van der Waals surface area (Å²) in [7, 11) is 0. The van der Waals surface area contributed by atoms with E-state index in [-0.39, 0.29) is 5.91 Å². The Bertz CT molecular complexity index is 790. The molecule has 0 aliphatic heterocycles. The summed E-state index contributed by atoms with van der Waals surface area (Å²) in [5.74, 6) is 0.524. The van der Waals surface area contributed by atoms with E-state index >= 15 is 0 Å². The average Bonchev–Trinajstić information content (AvgIpc) is 2.76. The summed E-state index contributed by atoms with van der Waals surface area (Å²) in [6.07, 6.45) is 2.00. The minimum Gasteiger partial charge on any atom is -0.358 e. The second-order valence-electron chi connectivity index (χ2n) is 5.22. The SMILES string of the molecule is Cc1ccc2[nH]c(C)c(CC(=O)Nc3ccccn3)c2c1. The van der Waals surface area contributed by atoms with Crippen LogP contribution in [0.4, 0.5) is 5.82 Å². The Morgan fingerprint density at radius 1 is 1.24 bits per heavy atom. The van der Waals surface area contributed by atoms with Gasteiger partial charge in [-0.3, -0.25) is 4.79 Å². The summed E-state index contributed by atoms with van der Waals surface area (Å²) in [6, 6.07) is 11.7. The molecule has 4 heteroatoms. The number of amides is 1. The number of aryl methyl sites for hydroxylation is 2. The van der Waals surface area contributed by atoms with Gasteiger partial charge in [0.25, 0.3) is 0 Å². The van der Waals surface area contributed by atoms with Crippen LogP contribution < -0.4 is 5.32 Å². The van der Waals surface area contributed by atoms with Crippen LogP contribution in [0.2, 0.25) is 0 Å². The van der Waals surface area contributed by atoms with E-state index in [1.807, 2.05) is 19.1 Å². The number of anilines is 1. The first-order valence-electron chi connectivity index (χ1n) is 6.92. The molecule has 106 valence electrons. The molecule has 1 aromatic carbocycles. The van der Waals surface area contributed by atoms with Crippen molar-refractivity contribution in [2.45, 2.75) is 20.3 Å². The first kappa shape index (κ1) is 13.4. The number of H-pyrrole nitrogens is 1. The van der Waals surface area contributed by atoms with Crippen molar-refractivity contribution < 1.29 is 4.79 Å². The van der Waals surface area contributed by atoms with Crippen LogP contribution in [-0.4, -0.2) is 15.9 Å². The zero-order valence-corrected chi connectivity index (χ0v) is 12.1. The summed E-state index contributed by atoms with van der Waals surface area (Å²) < 4.78 is 0. The van der Waals surface area contributed by atoms with E-state index in [0.717, 1.165) is 22.2 Å². The first-order valence-corrected chi connectivity index (χ1v) is 6.92. The van der Waals surface area contributed by atoms with Gasteiger partial charge in [-0.05, 0) is 43.7 Å². The van der Waals surface area contributed by atoms with Crippen LogP contribution in [-0.2, 0) is 11.2 Å². The Balaban J connectivity index is 1.86. The fourth-order valence-electron chi connectivity index (χ4n) is 2.51. The van der Waals surface area contributed by atoms with Crippen LogP contribution in [0.1, 0.15) is 16.8 Å². The number of hydrogen-bond donors (Lipinski definition) is 2. The van der Waals surface area contributed by atoms with Crippen LogP contribution in [0.5, 0.6) is 0 Å². The zero-order valence-electron chi connectivity index (χ0n) is 12.1. The number of nitrogens with one attached hydrogen (secondary N) is 2. The standard InChI is InChI=1S/C17H17N3O/c1-11-6-7-15-14(9-11)13(12(2)19-15)10-17(21)20-16-5-3-4-8-18-16/h3-9,19H,10H2,1-2H3,(H,18,20,21). The highest BCUT2D eigenvalue weighted by Crippen LogP contribution is 2.24. The number of pyridine rings is 1. The Hall–Kier alpha value is -2.62. The Morgan fingerprint density at radius 3 is 2.86 bits per heavy atom. The molecule has 0 saturated carbocycles. The smallest absolute Gasteiger partial charge is 0.230 e. The molecule has 2 N–H and O–H groups in total. The lowest BCUT2D eigenvalue weighted by molar-refractivity contribution is -0.115. The molecule has 0 unspecified atom stereocenters. The third kappa shape index (κ3) is 2.79. The molecule has 0 aliphatic rings. The fourth-order valence-corrected chi connectivity index (χ4v) is 2.51. The second-order valence-corrected chi connectivity index (χ2v) is 5.22. The third-order valence-electron chi connectivity index (χ3n) is 3.54. The highest BCUT2D eigenvalue weighted by Gasteiger charge is 2.13. The van der Waals surface area contributed by atoms with Gasteiger partial charge in [-0.15, -0.1) is 0 Å². The Morgan fingerprint density at radius 2 is 2.10 bits per heavy atom. The second kappa shape index (κ2) is 5.40. The Kier molecular flexibility index (Phi) is 3.44. The third-order valence-corrected chi connectivity index (χ3v) is 3.54. The fraction of sp³-hybridized carbons (Fsp3) is 0.176. The Labute approximate surface area is 123 Å². The number of hydrogen-bond acceptors (Lipinski definition) is 2. The molecule has 1 amide bonds. The van der Waals surface area contributed by atoms with E-state index in [2.05, 4.69) is 40.4 Å². The van der Waals surface area contributed by atoms with Gasteiger partial charge >= 0.3 is 0 Å². The van der Waals surface area contributed by atoms with Crippen LogP contribution in [0.15, 0.2) is 42.6 Å². The molecule has 0 spiro atoms. The van der Waals surface area contributed by atoms with Crippen LogP contribution in [0.3, 0.4) is 0 Å². The van der Waals surface area contributed by atoms with Crippen molar-refractivity contribution in [1.82, 2.24) is 9.97 Å². The summed E-state index contributed by atoms with van der Waals surface area (Å²) in [5.41, 5.74) is 4.33. The number of carbonyl (C=O) groups excluding carboxylic acids is 1. The molecule has 4 nitrogen and oxygen atoms in total. The summed E-state index contributed by atoms with van der Waals surface area (Å²) >= 11 is 0. The van der Waals surface area contributed by atoms with E-state index in [9.17, 15) is 4.79 Å². The van der Waals surface area contributed by atoms with Crippen molar-refractivity contribution in [3.05, 3.63) is 59.4 Å². The molecule has 21 heavy (non-hydrogen) atoms. The van der Waals surface area contributed by atoms with E-state index in [1.165, 1.54) is 5.56 Å². The maximum Gasteiger partial charge on any atom is 0.230 e. The number of nitrogens with zero attached hydrogens (tertiary/aromatic N) is 1. The number of rotatable bonds is 3. The van der Waals surface area contributed by atoms with Gasteiger partial charge < -0.3 is 10.3 Å². The van der Waals surface area contributed by atoms with E-state index in [4.69, 9.17) is 0 Å². The summed E-state index contributed by atoms with van der Waals surface area (Å²) in [4.78, 5) is 19.6. The molecule has 0 saturated heterocycles. The van der Waals surface area contributed by atoms with Crippen molar-refractivity contribution >= 4 is 22.6 Å². The molecule has 3 aromatic rings. The van der Waals surface area contributed by atoms with Gasteiger partial charge in [0.1, 0.15) is 5.82 Å². The summed E-state index contributed by atoms with van der Waals surface area (Å²) in [6.45, 7) is 4.05. The van der Waals surface area contributed by atoms with Crippen molar-refractivity contribution in [2.24, 2.45) is 0 Å². The predicted molar refractivity (Wildman–Crippen MR) is 84.3 cm³/mol. The minimum absolute atomic E-state index is 0.0563. The van der Waals surface area contributed by atoms with E-state index in [1.54, 1.807) is 12.3 Å². The van der Waals surface area contributed by atoms with Crippen LogP contribution >= 0.6 is 0 Å². The molecular weight excluding hydrogens is 262 g/mol. The van der Waals surface area contributed by atoms with Gasteiger partial charge in [-0.2, -0.15) is 0 Å². The van der Waals surface area contributed by atoms with Crippen molar-refractivity contribution in [2.75, 3.05) is 5.32 Å². The monoisotopic (exact) mass is 279 g/mol. The predicted octanol–water partition coefficient (Wildman–Crippen LogP) is 3.36. The zero-order chi connectivity index (χ0) is 14.8. The largest absolute Gasteiger partial charge is 0.358 e. The first-order chi connectivity index (χ1) is 10.1. The maximum absolute atomic E-state index is 12.2. The molecule has 0 aliphatic carbocycles. The maximum atomic E-state index is 12.2. The quantitative estimate of drug-likeness (QED) is 0.772. The van der Waals surface area contributed by atoms with E-state index < -0.39 is 0 Å². The molecule has 0 bridgehead atoms. The number of benzene rings is 1. The van der Waals surface area contributed by atoms with Crippen LogP contribution in [0.25, 0.3) is 10.9 Å². The minimum atomic E-state index is -0.0563. The number of fused-ring (bicyclic) bond motifs is 1. The van der Waals surface area contributed by atoms with Gasteiger partial charge in [-0.1, -0.05) is 17.7 Å². The van der Waals surface area contributed by atoms with Gasteiger partial charge in [0.2, 0.25) is 5.91 Å². The average molecular weight is 279 g/mol. The van der Waals surface area contributed by atoms with Gasteiger partial charge in [0, 0.05) is 22.8 Å². The molecule has 2 aromatic heterocycles. The molecule has 0 radical (unpaired) electrons. The van der Waals surface area contributed by atoms with Gasteiger partial charge in [0.15, 0.2) is 0 Å². The van der Waals surface area contributed by atoms with Gasteiger partial charge in [-0.25, -0.2) is 4.98 Å². The molecule has 2 heterocycles. The number of aromatic amines is 1. The highest BCUT2D eigenvalue weighted by atomic mass is 16.1. The lowest BCUT2D eigenvalue weighted by atomic mass is 10.1. The van der Waals surface area contributed by atoms with Crippen molar-refractivity contribution in [3.8, 4) is 0 Å². The molecular formula is C17H17N3O.